The van der Waals surface area contributed by atoms with Crippen molar-refractivity contribution in [2.75, 3.05) is 5.32 Å². The van der Waals surface area contributed by atoms with E-state index in [1.807, 2.05) is 33.8 Å². The molecule has 0 aromatic carbocycles. The van der Waals surface area contributed by atoms with Crippen LogP contribution in [0.2, 0.25) is 0 Å². The van der Waals surface area contributed by atoms with Gasteiger partial charge in [0.15, 0.2) is 0 Å². The molecule has 5 nitrogen and oxygen atoms in total. The zero-order valence-corrected chi connectivity index (χ0v) is 11.9. The second-order valence-corrected chi connectivity index (χ2v) is 6.31. The van der Waals surface area contributed by atoms with Crippen LogP contribution in [0.1, 0.15) is 40.5 Å². The summed E-state index contributed by atoms with van der Waals surface area (Å²) in [6, 6.07) is 2.38. The molecular formula is C13H20BN3O2. The fourth-order valence-corrected chi connectivity index (χ4v) is 1.95. The van der Waals surface area contributed by atoms with E-state index < -0.39 is 7.12 Å². The molecule has 2 heterocycles. The minimum absolute atomic E-state index is 0.341. The van der Waals surface area contributed by atoms with Crippen LogP contribution < -0.4 is 10.9 Å². The SMILES string of the molecule is CC1(C)OB(c2ccnc(NC3CC3)n2)OC1(C)C. The summed E-state index contributed by atoms with van der Waals surface area (Å²) < 4.78 is 12.0. The second kappa shape index (κ2) is 4.18. The van der Waals surface area contributed by atoms with Crippen LogP contribution in [0.25, 0.3) is 0 Å². The van der Waals surface area contributed by atoms with Gasteiger partial charge in [-0.25, -0.2) is 9.97 Å². The van der Waals surface area contributed by atoms with Crippen molar-refractivity contribution in [1.29, 1.82) is 0 Å². The lowest BCUT2D eigenvalue weighted by Crippen LogP contribution is -2.41. The van der Waals surface area contributed by atoms with E-state index in [-0.39, 0.29) is 11.2 Å². The molecule has 0 unspecified atom stereocenters. The molecule has 6 heteroatoms. The Morgan fingerprint density at radius 1 is 1.21 bits per heavy atom. The minimum Gasteiger partial charge on any atom is -0.398 e. The highest BCUT2D eigenvalue weighted by molar-refractivity contribution is 6.61. The predicted molar refractivity (Wildman–Crippen MR) is 74.4 cm³/mol. The Bertz CT molecular complexity index is 473. The lowest BCUT2D eigenvalue weighted by molar-refractivity contribution is 0.00578. The summed E-state index contributed by atoms with van der Waals surface area (Å²) in [6.45, 7) is 8.16. The van der Waals surface area contributed by atoms with Gasteiger partial charge in [0.25, 0.3) is 0 Å². The molecule has 1 saturated heterocycles. The van der Waals surface area contributed by atoms with Gasteiger partial charge in [-0.05, 0) is 46.6 Å². The minimum atomic E-state index is -0.423. The third-order valence-corrected chi connectivity index (χ3v) is 4.08. The maximum Gasteiger partial charge on any atom is 0.514 e. The lowest BCUT2D eigenvalue weighted by atomic mass is 9.85. The van der Waals surface area contributed by atoms with E-state index in [2.05, 4.69) is 15.3 Å². The molecule has 1 aromatic heterocycles. The summed E-state index contributed by atoms with van der Waals surface area (Å²) in [5.74, 6) is 0.662. The molecule has 102 valence electrons. The first-order valence-electron chi connectivity index (χ1n) is 6.82. The fraction of sp³-hybridized carbons (Fsp3) is 0.692. The number of hydrogen-bond donors (Lipinski definition) is 1. The zero-order chi connectivity index (χ0) is 13.7. The van der Waals surface area contributed by atoms with Crippen molar-refractivity contribution in [3.05, 3.63) is 12.3 Å². The van der Waals surface area contributed by atoms with Crippen LogP contribution in [0.15, 0.2) is 12.3 Å². The van der Waals surface area contributed by atoms with Crippen LogP contribution in [0.4, 0.5) is 5.95 Å². The summed E-state index contributed by atoms with van der Waals surface area (Å²) in [5, 5.41) is 3.29. The second-order valence-electron chi connectivity index (χ2n) is 6.31. The quantitative estimate of drug-likeness (QED) is 0.832. The van der Waals surface area contributed by atoms with Gasteiger partial charge in [0.2, 0.25) is 5.95 Å². The highest BCUT2D eigenvalue weighted by Gasteiger charge is 2.52. The normalized spacial score (nSPS) is 24.5. The molecule has 0 spiro atoms. The van der Waals surface area contributed by atoms with Gasteiger partial charge in [-0.3, -0.25) is 0 Å². The van der Waals surface area contributed by atoms with Crippen LogP contribution in [-0.4, -0.2) is 34.3 Å². The summed E-state index contributed by atoms with van der Waals surface area (Å²) >= 11 is 0. The van der Waals surface area contributed by atoms with E-state index >= 15 is 0 Å². The maximum absolute atomic E-state index is 5.99. The lowest BCUT2D eigenvalue weighted by Gasteiger charge is -2.32. The van der Waals surface area contributed by atoms with E-state index in [0.29, 0.717) is 12.0 Å². The number of aromatic nitrogens is 2. The molecule has 1 aliphatic carbocycles. The molecule has 1 aromatic rings. The standard InChI is InChI=1S/C13H20BN3O2/c1-12(2)13(3,4)19-14(18-12)10-7-8-15-11(17-10)16-9-5-6-9/h7-9H,5-6H2,1-4H3,(H,15,16,17). The first-order chi connectivity index (χ1) is 8.87. The third-order valence-electron chi connectivity index (χ3n) is 4.08. The highest BCUT2D eigenvalue weighted by Crippen LogP contribution is 2.36. The van der Waals surface area contributed by atoms with Crippen molar-refractivity contribution < 1.29 is 9.31 Å². The monoisotopic (exact) mass is 261 g/mol. The van der Waals surface area contributed by atoms with Crippen LogP contribution in [0.5, 0.6) is 0 Å². The van der Waals surface area contributed by atoms with E-state index in [9.17, 15) is 0 Å². The Balaban J connectivity index is 1.79. The van der Waals surface area contributed by atoms with Gasteiger partial charge in [-0.2, -0.15) is 0 Å². The van der Waals surface area contributed by atoms with Crippen molar-refractivity contribution in [3.8, 4) is 0 Å². The van der Waals surface area contributed by atoms with Gasteiger partial charge in [0.1, 0.15) is 0 Å². The number of rotatable bonds is 3. The van der Waals surface area contributed by atoms with Crippen molar-refractivity contribution in [3.63, 3.8) is 0 Å². The Labute approximate surface area is 114 Å². The average Bonchev–Trinajstić information content (AvgIpc) is 3.07. The van der Waals surface area contributed by atoms with Crippen LogP contribution in [0, 0.1) is 0 Å². The zero-order valence-electron chi connectivity index (χ0n) is 11.9. The molecule has 3 rings (SSSR count). The van der Waals surface area contributed by atoms with Gasteiger partial charge in [0.05, 0.1) is 16.8 Å². The molecule has 0 amide bonds. The molecule has 19 heavy (non-hydrogen) atoms. The smallest absolute Gasteiger partial charge is 0.398 e. The molecule has 1 saturated carbocycles. The van der Waals surface area contributed by atoms with Crippen LogP contribution in [0.3, 0.4) is 0 Å². The number of nitrogens with one attached hydrogen (secondary N) is 1. The predicted octanol–water partition coefficient (Wildman–Crippen LogP) is 1.35. The average molecular weight is 261 g/mol. The highest BCUT2D eigenvalue weighted by atomic mass is 16.7. The van der Waals surface area contributed by atoms with Crippen LogP contribution in [-0.2, 0) is 9.31 Å². The van der Waals surface area contributed by atoms with Crippen molar-refractivity contribution in [1.82, 2.24) is 9.97 Å². The van der Waals surface area contributed by atoms with Gasteiger partial charge < -0.3 is 14.6 Å². The van der Waals surface area contributed by atoms with E-state index in [0.717, 1.165) is 5.59 Å². The maximum atomic E-state index is 5.99. The molecule has 1 aliphatic heterocycles. The summed E-state index contributed by atoms with van der Waals surface area (Å²) in [6.07, 6.45) is 4.15. The van der Waals surface area contributed by atoms with Crippen molar-refractivity contribution in [2.24, 2.45) is 0 Å². The van der Waals surface area contributed by atoms with Crippen molar-refractivity contribution in [2.45, 2.75) is 57.8 Å². The number of hydrogen-bond acceptors (Lipinski definition) is 5. The molecule has 0 bridgehead atoms. The first kappa shape index (κ1) is 12.9. The molecule has 0 atom stereocenters. The van der Waals surface area contributed by atoms with E-state index in [1.165, 1.54) is 12.8 Å². The molecule has 2 fully saturated rings. The summed E-state index contributed by atoms with van der Waals surface area (Å²) in [4.78, 5) is 8.72. The molecular weight excluding hydrogens is 241 g/mol. The van der Waals surface area contributed by atoms with Gasteiger partial charge in [-0.15, -0.1) is 0 Å². The third kappa shape index (κ3) is 2.47. The molecule has 1 N–H and O–H groups in total. The Morgan fingerprint density at radius 3 is 2.42 bits per heavy atom. The summed E-state index contributed by atoms with van der Waals surface area (Å²) in [5.41, 5.74) is 0.0937. The summed E-state index contributed by atoms with van der Waals surface area (Å²) in [7, 11) is -0.423. The van der Waals surface area contributed by atoms with E-state index in [1.54, 1.807) is 6.20 Å². The largest absolute Gasteiger partial charge is 0.514 e. The number of anilines is 1. The topological polar surface area (TPSA) is 56.3 Å². The Kier molecular flexibility index (Phi) is 2.83. The van der Waals surface area contributed by atoms with Gasteiger partial charge in [-0.1, -0.05) is 0 Å². The fourth-order valence-electron chi connectivity index (χ4n) is 1.95. The van der Waals surface area contributed by atoms with Crippen LogP contribution >= 0.6 is 0 Å². The first-order valence-corrected chi connectivity index (χ1v) is 6.82. The van der Waals surface area contributed by atoms with E-state index in [4.69, 9.17) is 9.31 Å². The number of nitrogens with zero attached hydrogens (tertiary/aromatic N) is 2. The molecule has 0 radical (unpaired) electrons. The van der Waals surface area contributed by atoms with Gasteiger partial charge >= 0.3 is 7.12 Å². The van der Waals surface area contributed by atoms with Gasteiger partial charge in [0, 0.05) is 12.2 Å². The Morgan fingerprint density at radius 2 is 1.84 bits per heavy atom. The Hall–Kier alpha value is -1.14. The molecule has 2 aliphatic rings. The van der Waals surface area contributed by atoms with Crippen molar-refractivity contribution >= 4 is 18.7 Å².